The van der Waals surface area contributed by atoms with Gasteiger partial charge in [0.2, 0.25) is 0 Å². The van der Waals surface area contributed by atoms with Gasteiger partial charge in [0.05, 0.1) is 0 Å². The predicted molar refractivity (Wildman–Crippen MR) is 86.3 cm³/mol. The van der Waals surface area contributed by atoms with E-state index in [4.69, 9.17) is 0 Å². The van der Waals surface area contributed by atoms with Gasteiger partial charge in [-0.2, -0.15) is 8.78 Å². The van der Waals surface area contributed by atoms with E-state index in [0.717, 1.165) is 19.3 Å². The molecule has 4 rings (SSSR count). The normalized spacial score (nSPS) is 44.6. The first-order valence-corrected chi connectivity index (χ1v) is 9.10. The molecule has 4 aliphatic rings. The minimum Gasteiger partial charge on any atom is -0.299 e. The molecule has 5 atom stereocenters. The van der Waals surface area contributed by atoms with Gasteiger partial charge in [0.15, 0.2) is 5.78 Å². The highest BCUT2D eigenvalue weighted by atomic mass is 19.3. The highest BCUT2D eigenvalue weighted by Crippen LogP contribution is 2.65. The summed E-state index contributed by atoms with van der Waals surface area (Å²) in [6.45, 7) is 4.13. The minimum absolute atomic E-state index is 0.0311. The number of fused-ring (bicyclic) bond motifs is 5. The van der Waals surface area contributed by atoms with Crippen molar-refractivity contribution in [2.24, 2.45) is 28.6 Å². The molecule has 0 heterocycles. The van der Waals surface area contributed by atoms with Gasteiger partial charge in [-0.25, -0.2) is 0 Å². The fraction of sp³-hybridized carbons (Fsp3) is 0.700. The Hall–Kier alpha value is -1.32. The van der Waals surface area contributed by atoms with Gasteiger partial charge >= 0.3 is 0 Å². The Morgan fingerprint density at radius 3 is 2.46 bits per heavy atom. The molecule has 0 radical (unpaired) electrons. The topological polar surface area (TPSA) is 34.1 Å². The largest absolute Gasteiger partial charge is 0.299 e. The molecule has 0 N–H and O–H groups in total. The maximum atomic E-state index is 13.7. The van der Waals surface area contributed by atoms with E-state index in [1.54, 1.807) is 0 Å². The molecule has 3 fully saturated rings. The molecule has 24 heavy (non-hydrogen) atoms. The molecule has 0 unspecified atom stereocenters. The minimum atomic E-state index is -1.64. The lowest BCUT2D eigenvalue weighted by molar-refractivity contribution is -0.132. The molecule has 0 aliphatic heterocycles. The number of ketones is 2. The van der Waals surface area contributed by atoms with Crippen molar-refractivity contribution in [3.63, 3.8) is 0 Å². The maximum Gasteiger partial charge on any atom is 0.273 e. The van der Waals surface area contributed by atoms with Crippen molar-refractivity contribution in [2.45, 2.75) is 58.8 Å². The van der Waals surface area contributed by atoms with Crippen LogP contribution in [0.5, 0.6) is 0 Å². The van der Waals surface area contributed by atoms with Crippen LogP contribution in [0.2, 0.25) is 0 Å². The summed E-state index contributed by atoms with van der Waals surface area (Å²) in [7, 11) is 0. The van der Waals surface area contributed by atoms with E-state index in [1.807, 2.05) is 0 Å². The van der Waals surface area contributed by atoms with E-state index in [-0.39, 0.29) is 34.0 Å². The van der Waals surface area contributed by atoms with Crippen molar-refractivity contribution in [2.75, 3.05) is 0 Å². The van der Waals surface area contributed by atoms with Crippen LogP contribution in [0.25, 0.3) is 0 Å². The molecule has 3 saturated carbocycles. The van der Waals surface area contributed by atoms with E-state index in [9.17, 15) is 18.4 Å². The average Bonchev–Trinajstić information content (AvgIpc) is 2.83. The maximum absolute atomic E-state index is 13.7. The number of carbonyl (C=O) groups excluding carboxylic acids is 2. The van der Waals surface area contributed by atoms with Crippen LogP contribution in [0.3, 0.4) is 0 Å². The molecule has 0 aromatic heterocycles. The molecule has 0 amide bonds. The summed E-state index contributed by atoms with van der Waals surface area (Å²) in [5.74, 6) is 0.957. The first-order valence-electron chi connectivity index (χ1n) is 9.10. The molecular formula is C20H24F2O2. The van der Waals surface area contributed by atoms with Gasteiger partial charge in [0.1, 0.15) is 5.78 Å². The molecule has 130 valence electrons. The van der Waals surface area contributed by atoms with Gasteiger partial charge in [-0.1, -0.05) is 13.8 Å². The quantitative estimate of drug-likeness (QED) is 0.635. The highest BCUT2D eigenvalue weighted by Gasteiger charge is 2.60. The average molecular weight is 334 g/mol. The van der Waals surface area contributed by atoms with Crippen LogP contribution in [-0.4, -0.2) is 11.6 Å². The van der Waals surface area contributed by atoms with Crippen molar-refractivity contribution < 1.29 is 18.4 Å². The van der Waals surface area contributed by atoms with E-state index in [2.05, 4.69) is 13.8 Å². The Kier molecular flexibility index (Phi) is 3.43. The first-order chi connectivity index (χ1) is 11.3. The van der Waals surface area contributed by atoms with Gasteiger partial charge in [0, 0.05) is 23.8 Å². The number of allylic oxidation sites excluding steroid dienone is 2. The van der Waals surface area contributed by atoms with E-state index in [0.29, 0.717) is 43.0 Å². The Morgan fingerprint density at radius 1 is 1.04 bits per heavy atom. The third-order valence-corrected chi connectivity index (χ3v) is 7.77. The van der Waals surface area contributed by atoms with Crippen LogP contribution in [0, 0.1) is 28.6 Å². The number of hydrogen-bond donors (Lipinski definition) is 0. The lowest BCUT2D eigenvalue weighted by Crippen LogP contribution is -2.51. The SMILES string of the molecule is C[C@]12CCC(=O)C=C1C(=C(F)F)C[C@@H]1[C@@H]2CC[C@]2(C)C(=O)CC[C@@H]12. The van der Waals surface area contributed by atoms with Gasteiger partial charge in [0.25, 0.3) is 6.08 Å². The zero-order valence-electron chi connectivity index (χ0n) is 14.3. The van der Waals surface area contributed by atoms with Crippen molar-refractivity contribution in [1.29, 1.82) is 0 Å². The second-order valence-electron chi connectivity index (χ2n) is 8.68. The van der Waals surface area contributed by atoms with E-state index in [1.165, 1.54) is 6.08 Å². The zero-order valence-corrected chi connectivity index (χ0v) is 14.3. The van der Waals surface area contributed by atoms with Gasteiger partial charge in [-0.3, -0.25) is 9.59 Å². The number of rotatable bonds is 0. The Bertz CT molecular complexity index is 688. The molecule has 0 aromatic rings. The van der Waals surface area contributed by atoms with Crippen LogP contribution in [0.1, 0.15) is 58.8 Å². The van der Waals surface area contributed by atoms with Crippen molar-refractivity contribution >= 4 is 11.6 Å². The second-order valence-corrected chi connectivity index (χ2v) is 8.68. The van der Waals surface area contributed by atoms with Crippen molar-refractivity contribution in [3.05, 3.63) is 23.3 Å². The Morgan fingerprint density at radius 2 is 1.75 bits per heavy atom. The van der Waals surface area contributed by atoms with Crippen molar-refractivity contribution in [1.82, 2.24) is 0 Å². The first kappa shape index (κ1) is 16.2. The zero-order chi connectivity index (χ0) is 17.3. The number of Topliss-reactive ketones (excluding diaryl/α,β-unsaturated/α-hetero) is 1. The molecule has 0 aromatic carbocycles. The number of hydrogen-bond acceptors (Lipinski definition) is 2. The lowest BCUT2D eigenvalue weighted by Gasteiger charge is -2.57. The van der Waals surface area contributed by atoms with E-state index < -0.39 is 6.08 Å². The fourth-order valence-corrected chi connectivity index (χ4v) is 6.39. The molecule has 2 nitrogen and oxygen atoms in total. The predicted octanol–water partition coefficient (Wildman–Crippen LogP) is 4.85. The number of halogens is 2. The van der Waals surface area contributed by atoms with Gasteiger partial charge in [-0.05, 0) is 66.9 Å². The van der Waals surface area contributed by atoms with Crippen LogP contribution in [-0.2, 0) is 9.59 Å². The van der Waals surface area contributed by atoms with Gasteiger partial charge < -0.3 is 0 Å². The standard InChI is InChI=1S/C20H24F2O2/c1-19-7-5-11(23)9-16(19)13(18(21)22)10-12-14-3-4-17(24)20(14,2)8-6-15(12)19/h9,12,14-15H,3-8,10H2,1-2H3/t12-,14-,15-,19+,20-/m0/s1. The van der Waals surface area contributed by atoms with Crippen LogP contribution in [0.15, 0.2) is 23.3 Å². The van der Waals surface area contributed by atoms with E-state index >= 15 is 0 Å². The third kappa shape index (κ3) is 1.98. The number of carbonyl (C=O) groups is 2. The van der Waals surface area contributed by atoms with Gasteiger partial charge in [-0.15, -0.1) is 0 Å². The summed E-state index contributed by atoms with van der Waals surface area (Å²) in [6.07, 6.45) is 4.50. The molecule has 4 heteroatoms. The third-order valence-electron chi connectivity index (χ3n) is 7.77. The monoisotopic (exact) mass is 334 g/mol. The summed E-state index contributed by atoms with van der Waals surface area (Å²) >= 11 is 0. The Balaban J connectivity index is 1.82. The summed E-state index contributed by atoms with van der Waals surface area (Å²) in [5, 5.41) is 0. The highest BCUT2D eigenvalue weighted by molar-refractivity contribution is 5.92. The summed E-state index contributed by atoms with van der Waals surface area (Å²) in [5.41, 5.74) is 0.0206. The van der Waals surface area contributed by atoms with Crippen LogP contribution < -0.4 is 0 Å². The Labute approximate surface area is 141 Å². The molecular weight excluding hydrogens is 310 g/mol. The lowest BCUT2D eigenvalue weighted by atomic mass is 9.46. The summed E-state index contributed by atoms with van der Waals surface area (Å²) in [6, 6.07) is 0. The molecule has 0 bridgehead atoms. The smallest absolute Gasteiger partial charge is 0.273 e. The van der Waals surface area contributed by atoms with Crippen LogP contribution >= 0.6 is 0 Å². The van der Waals surface area contributed by atoms with Crippen molar-refractivity contribution in [3.8, 4) is 0 Å². The second kappa shape index (κ2) is 5.09. The summed E-state index contributed by atoms with van der Waals surface area (Å²) < 4.78 is 27.4. The summed E-state index contributed by atoms with van der Waals surface area (Å²) in [4.78, 5) is 24.3. The molecule has 0 saturated heterocycles. The molecule has 0 spiro atoms. The van der Waals surface area contributed by atoms with Crippen LogP contribution in [0.4, 0.5) is 8.78 Å². The molecule has 4 aliphatic carbocycles. The fourth-order valence-electron chi connectivity index (χ4n) is 6.39.